The van der Waals surface area contributed by atoms with E-state index >= 15 is 0 Å². The van der Waals surface area contributed by atoms with Gasteiger partial charge in [-0.05, 0) is 55.1 Å². The van der Waals surface area contributed by atoms with Crippen molar-refractivity contribution in [3.63, 3.8) is 0 Å². The maximum atomic E-state index is 13.0. The Morgan fingerprint density at radius 3 is 2.78 bits per heavy atom. The number of nitrogens with zero attached hydrogens (tertiary/aromatic N) is 1. The Bertz CT molecular complexity index is 700. The molecule has 0 aliphatic carbocycles. The largest absolute Gasteiger partial charge is 0.347 e. The van der Waals surface area contributed by atoms with E-state index in [-0.39, 0.29) is 17.8 Å². The lowest BCUT2D eigenvalue weighted by atomic mass is 9.97. The minimum absolute atomic E-state index is 0.0101. The third-order valence-electron chi connectivity index (χ3n) is 4.76. The molecule has 1 unspecified atom stereocenters. The number of benzene rings is 1. The standard InChI is InChI=1S/C18H19FN2OS/c19-14-3-1-13(2-4-14)16-5-6-17(23-16)18(22)20-15-9-12-7-8-21(10-12)11-15/h1-6,12,15H,7-11H2,(H,20,22)/t12-,15+/m0/s1. The summed E-state index contributed by atoms with van der Waals surface area (Å²) >= 11 is 1.46. The minimum atomic E-state index is -0.245. The smallest absolute Gasteiger partial charge is 0.261 e. The Balaban J connectivity index is 1.44. The van der Waals surface area contributed by atoms with Crippen LogP contribution in [0.1, 0.15) is 22.5 Å². The fraction of sp³-hybridized carbons (Fsp3) is 0.389. The molecule has 2 saturated heterocycles. The summed E-state index contributed by atoms with van der Waals surface area (Å²) in [6, 6.07) is 10.4. The Hall–Kier alpha value is -1.72. The molecule has 4 rings (SSSR count). The van der Waals surface area contributed by atoms with Crippen molar-refractivity contribution in [2.75, 3.05) is 19.6 Å². The quantitative estimate of drug-likeness (QED) is 0.936. The molecule has 5 heteroatoms. The van der Waals surface area contributed by atoms with Crippen LogP contribution in [0.2, 0.25) is 0 Å². The van der Waals surface area contributed by atoms with Gasteiger partial charge in [-0.15, -0.1) is 11.3 Å². The molecule has 2 aliphatic heterocycles. The van der Waals surface area contributed by atoms with Crippen molar-refractivity contribution in [2.45, 2.75) is 18.9 Å². The molecule has 1 N–H and O–H groups in total. The van der Waals surface area contributed by atoms with E-state index in [1.807, 2.05) is 12.1 Å². The van der Waals surface area contributed by atoms with Crippen LogP contribution in [0, 0.1) is 11.7 Å². The Labute approximate surface area is 139 Å². The minimum Gasteiger partial charge on any atom is -0.347 e. The molecule has 1 amide bonds. The van der Waals surface area contributed by atoms with Crippen molar-refractivity contribution in [1.29, 1.82) is 0 Å². The van der Waals surface area contributed by atoms with Crippen molar-refractivity contribution < 1.29 is 9.18 Å². The molecule has 2 fully saturated rings. The van der Waals surface area contributed by atoms with Crippen molar-refractivity contribution in [2.24, 2.45) is 5.92 Å². The number of rotatable bonds is 3. The molecule has 3 nitrogen and oxygen atoms in total. The fourth-order valence-electron chi connectivity index (χ4n) is 3.65. The van der Waals surface area contributed by atoms with Gasteiger partial charge in [0.2, 0.25) is 0 Å². The van der Waals surface area contributed by atoms with Crippen LogP contribution in [0.3, 0.4) is 0 Å². The number of hydrogen-bond acceptors (Lipinski definition) is 3. The van der Waals surface area contributed by atoms with Gasteiger partial charge in [-0.2, -0.15) is 0 Å². The molecule has 1 aromatic heterocycles. The Kier molecular flexibility index (Phi) is 3.91. The van der Waals surface area contributed by atoms with Crippen LogP contribution in [0.15, 0.2) is 36.4 Å². The first-order valence-electron chi connectivity index (χ1n) is 8.06. The van der Waals surface area contributed by atoms with Gasteiger partial charge >= 0.3 is 0 Å². The number of amides is 1. The van der Waals surface area contributed by atoms with E-state index in [0.717, 1.165) is 34.2 Å². The third kappa shape index (κ3) is 3.16. The summed E-state index contributed by atoms with van der Waals surface area (Å²) in [5.41, 5.74) is 0.942. The maximum Gasteiger partial charge on any atom is 0.261 e. The first-order chi connectivity index (χ1) is 11.2. The zero-order valence-electron chi connectivity index (χ0n) is 12.8. The second-order valence-electron chi connectivity index (χ2n) is 6.49. The van der Waals surface area contributed by atoms with Gasteiger partial charge in [0.05, 0.1) is 4.88 Å². The molecule has 2 aliphatic rings. The van der Waals surface area contributed by atoms with Crippen LogP contribution < -0.4 is 5.32 Å². The van der Waals surface area contributed by atoms with Gasteiger partial charge in [0.25, 0.3) is 5.91 Å². The van der Waals surface area contributed by atoms with E-state index in [1.54, 1.807) is 12.1 Å². The van der Waals surface area contributed by atoms with Crippen molar-refractivity contribution in [1.82, 2.24) is 10.2 Å². The summed E-state index contributed by atoms with van der Waals surface area (Å²) in [5, 5.41) is 3.18. The van der Waals surface area contributed by atoms with Gasteiger partial charge in [-0.25, -0.2) is 4.39 Å². The molecule has 0 radical (unpaired) electrons. The van der Waals surface area contributed by atoms with Gasteiger partial charge in [-0.1, -0.05) is 12.1 Å². The van der Waals surface area contributed by atoms with Gasteiger partial charge in [0, 0.05) is 24.0 Å². The lowest BCUT2D eigenvalue weighted by Crippen LogP contribution is -2.46. The molecule has 3 atom stereocenters. The van der Waals surface area contributed by atoms with Crippen molar-refractivity contribution >= 4 is 17.2 Å². The van der Waals surface area contributed by atoms with Gasteiger partial charge in [0.1, 0.15) is 5.82 Å². The summed E-state index contributed by atoms with van der Waals surface area (Å²) < 4.78 is 13.0. The van der Waals surface area contributed by atoms with E-state index in [9.17, 15) is 9.18 Å². The summed E-state index contributed by atoms with van der Waals surface area (Å²) in [7, 11) is 0. The topological polar surface area (TPSA) is 32.3 Å². The number of piperidine rings is 1. The lowest BCUT2D eigenvalue weighted by molar-refractivity contribution is 0.0913. The average Bonchev–Trinajstić information content (AvgIpc) is 3.15. The summed E-state index contributed by atoms with van der Waals surface area (Å²) in [5.74, 6) is 0.508. The molecule has 23 heavy (non-hydrogen) atoms. The maximum absolute atomic E-state index is 13.0. The summed E-state index contributed by atoms with van der Waals surface area (Å²) in [6.07, 6.45) is 2.36. The highest BCUT2D eigenvalue weighted by Crippen LogP contribution is 2.29. The molecule has 0 saturated carbocycles. The number of carbonyl (C=O) groups is 1. The van der Waals surface area contributed by atoms with Crippen LogP contribution in [0.5, 0.6) is 0 Å². The SMILES string of the molecule is O=C(N[C@@H]1C[C@@H]2CCN(C2)C1)c1ccc(-c2ccc(F)cc2)s1. The zero-order valence-corrected chi connectivity index (χ0v) is 13.6. The third-order valence-corrected chi connectivity index (χ3v) is 5.89. The lowest BCUT2D eigenvalue weighted by Gasteiger charge is -2.30. The molecule has 2 bridgehead atoms. The average molecular weight is 330 g/mol. The highest BCUT2D eigenvalue weighted by Gasteiger charge is 2.33. The summed E-state index contributed by atoms with van der Waals surface area (Å²) in [6.45, 7) is 3.34. The van der Waals surface area contributed by atoms with E-state index in [4.69, 9.17) is 0 Å². The Morgan fingerprint density at radius 1 is 1.17 bits per heavy atom. The Morgan fingerprint density at radius 2 is 2.00 bits per heavy atom. The number of halogens is 1. The highest BCUT2D eigenvalue weighted by atomic mass is 32.1. The van der Waals surface area contributed by atoms with E-state index < -0.39 is 0 Å². The van der Waals surface area contributed by atoms with Crippen LogP contribution in [0.25, 0.3) is 10.4 Å². The number of hydrogen-bond donors (Lipinski definition) is 1. The van der Waals surface area contributed by atoms with E-state index in [1.165, 1.54) is 43.0 Å². The highest BCUT2D eigenvalue weighted by molar-refractivity contribution is 7.17. The second kappa shape index (κ2) is 6.06. The molecule has 1 aromatic carbocycles. The van der Waals surface area contributed by atoms with Crippen LogP contribution in [0.4, 0.5) is 4.39 Å². The molecule has 3 heterocycles. The normalized spacial score (nSPS) is 26.2. The van der Waals surface area contributed by atoms with Crippen molar-refractivity contribution in [3.05, 3.63) is 47.1 Å². The number of thiophene rings is 1. The van der Waals surface area contributed by atoms with Crippen LogP contribution in [-0.2, 0) is 0 Å². The van der Waals surface area contributed by atoms with Gasteiger partial charge < -0.3 is 10.2 Å². The van der Waals surface area contributed by atoms with Crippen LogP contribution >= 0.6 is 11.3 Å². The first kappa shape index (κ1) is 14.8. The number of nitrogens with one attached hydrogen (secondary N) is 1. The molecular formula is C18H19FN2OS. The second-order valence-corrected chi connectivity index (χ2v) is 7.57. The molecular weight excluding hydrogens is 311 g/mol. The molecule has 0 spiro atoms. The fourth-order valence-corrected chi connectivity index (χ4v) is 4.56. The van der Waals surface area contributed by atoms with Gasteiger partial charge in [0.15, 0.2) is 0 Å². The predicted molar refractivity (Wildman–Crippen MR) is 90.1 cm³/mol. The number of fused-ring (bicyclic) bond motifs is 2. The molecule has 2 aromatic rings. The molecule has 120 valence electrons. The van der Waals surface area contributed by atoms with Crippen molar-refractivity contribution in [3.8, 4) is 10.4 Å². The predicted octanol–water partition coefficient (Wildman–Crippen LogP) is 3.38. The number of carbonyl (C=O) groups excluding carboxylic acids is 1. The van der Waals surface area contributed by atoms with E-state index in [0.29, 0.717) is 0 Å². The monoisotopic (exact) mass is 330 g/mol. The van der Waals surface area contributed by atoms with Crippen LogP contribution in [-0.4, -0.2) is 36.5 Å². The zero-order chi connectivity index (χ0) is 15.8. The summed E-state index contributed by atoms with van der Waals surface area (Å²) in [4.78, 5) is 16.6. The van der Waals surface area contributed by atoms with Gasteiger partial charge in [-0.3, -0.25) is 4.79 Å². The first-order valence-corrected chi connectivity index (χ1v) is 8.88. The van der Waals surface area contributed by atoms with E-state index in [2.05, 4.69) is 10.2 Å².